The van der Waals surface area contributed by atoms with Crippen LogP contribution in [0.3, 0.4) is 0 Å². The fraction of sp³-hybridized carbons (Fsp3) is 0.0625. The van der Waals surface area contributed by atoms with Crippen molar-refractivity contribution in [3.63, 3.8) is 0 Å². The average Bonchev–Trinajstić information content (AvgIpc) is 3.79. The summed E-state index contributed by atoms with van der Waals surface area (Å²) in [5.74, 6) is 1.83. The summed E-state index contributed by atoms with van der Waals surface area (Å²) in [7, 11) is 0. The van der Waals surface area contributed by atoms with Crippen LogP contribution in [0.5, 0.6) is 11.5 Å². The van der Waals surface area contributed by atoms with Gasteiger partial charge in [-0.3, -0.25) is 14.9 Å². The molecule has 2 aromatic carbocycles. The summed E-state index contributed by atoms with van der Waals surface area (Å²) in [5, 5.41) is 10.5. The number of imidazole rings is 1. The van der Waals surface area contributed by atoms with Crippen molar-refractivity contribution in [2.24, 2.45) is 0 Å². The zero-order valence-corrected chi connectivity index (χ0v) is 22.5. The molecule has 0 fully saturated rings. The van der Waals surface area contributed by atoms with Crippen LogP contribution < -0.4 is 14.8 Å². The quantitative estimate of drug-likeness (QED) is 0.238. The van der Waals surface area contributed by atoms with Gasteiger partial charge in [-0.05, 0) is 47.5 Å². The van der Waals surface area contributed by atoms with Crippen LogP contribution in [0.15, 0.2) is 91.4 Å². The summed E-state index contributed by atoms with van der Waals surface area (Å²) in [6.07, 6.45) is 5.34. The molecule has 43 heavy (non-hydrogen) atoms. The number of amides is 1. The van der Waals surface area contributed by atoms with Crippen molar-refractivity contribution in [3.05, 3.63) is 97.0 Å². The Labute approximate surface area is 244 Å². The lowest BCUT2D eigenvalue weighted by Crippen LogP contribution is -2.14. The van der Waals surface area contributed by atoms with Crippen molar-refractivity contribution in [1.29, 1.82) is 0 Å². The summed E-state index contributed by atoms with van der Waals surface area (Å²) in [6, 6.07) is 23.0. The Kier molecular flexibility index (Phi) is 5.78. The molecule has 0 unspecified atom stereocenters. The highest BCUT2D eigenvalue weighted by atomic mass is 16.7. The molecule has 0 spiro atoms. The first-order chi connectivity index (χ1) is 21.2. The smallest absolute Gasteiger partial charge is 0.231 e. The maximum absolute atomic E-state index is 12.6. The van der Waals surface area contributed by atoms with E-state index in [1.807, 2.05) is 72.8 Å². The summed E-state index contributed by atoms with van der Waals surface area (Å²) < 4.78 is 11.0. The highest BCUT2D eigenvalue weighted by Gasteiger charge is 2.19. The first-order valence-electron chi connectivity index (χ1n) is 13.6. The van der Waals surface area contributed by atoms with Gasteiger partial charge < -0.3 is 19.8 Å². The maximum atomic E-state index is 12.6. The minimum atomic E-state index is -0.121. The number of benzene rings is 2. The zero-order chi connectivity index (χ0) is 28.8. The average molecular weight is 567 g/mol. The van der Waals surface area contributed by atoms with E-state index in [1.54, 1.807) is 18.6 Å². The number of carbonyl (C=O) groups is 1. The van der Waals surface area contributed by atoms with Gasteiger partial charge >= 0.3 is 0 Å². The summed E-state index contributed by atoms with van der Waals surface area (Å²) in [6.45, 7) is 0.210. The van der Waals surface area contributed by atoms with E-state index in [0.717, 1.165) is 33.5 Å². The summed E-state index contributed by atoms with van der Waals surface area (Å²) in [4.78, 5) is 34.5. The molecule has 0 saturated heterocycles. The number of hydrogen-bond acceptors (Lipinski definition) is 8. The molecule has 3 N–H and O–H groups in total. The highest BCUT2D eigenvalue weighted by molar-refractivity contribution is 5.96. The maximum Gasteiger partial charge on any atom is 0.231 e. The van der Waals surface area contributed by atoms with E-state index in [-0.39, 0.29) is 19.1 Å². The molecule has 11 heteroatoms. The van der Waals surface area contributed by atoms with Crippen LogP contribution >= 0.6 is 0 Å². The molecule has 11 nitrogen and oxygen atoms in total. The lowest BCUT2D eigenvalue weighted by molar-refractivity contribution is -0.115. The molecule has 0 bridgehead atoms. The van der Waals surface area contributed by atoms with Crippen molar-refractivity contribution in [3.8, 4) is 45.4 Å². The Bertz CT molecular complexity index is 2160. The van der Waals surface area contributed by atoms with E-state index in [2.05, 4.69) is 30.5 Å². The number of anilines is 1. The molecular weight excluding hydrogens is 544 g/mol. The molecule has 6 heterocycles. The minimum absolute atomic E-state index is 0.121. The molecule has 1 aliphatic heterocycles. The Balaban J connectivity index is 1.11. The molecule has 0 radical (unpaired) electrons. The number of pyridine rings is 3. The molecule has 0 aliphatic carbocycles. The second-order valence-electron chi connectivity index (χ2n) is 10.0. The first-order valence-corrected chi connectivity index (χ1v) is 13.6. The standard InChI is InChI=1S/C32H22N8O3/c41-27(12-18-4-2-1-3-5-18)35-21-13-20(15-33-16-21)23-7-8-24-29(36-23)30(40-39-24)32-37-28-22(10-11-34-31(28)38-32)19-6-9-25-26(14-19)43-17-42-25/h1-11,13-16H,12,17H2,(H,35,41)(H,39,40)(H,34,37,38). The van der Waals surface area contributed by atoms with Crippen LogP contribution in [-0.4, -0.2) is 47.8 Å². The second-order valence-corrected chi connectivity index (χ2v) is 10.0. The van der Waals surface area contributed by atoms with Crippen LogP contribution in [0.25, 0.3) is 56.1 Å². The third kappa shape index (κ3) is 4.58. The molecular formula is C32H22N8O3. The van der Waals surface area contributed by atoms with Gasteiger partial charge in [0.25, 0.3) is 0 Å². The van der Waals surface area contributed by atoms with Crippen molar-refractivity contribution in [2.75, 3.05) is 12.1 Å². The van der Waals surface area contributed by atoms with Crippen molar-refractivity contribution in [2.45, 2.75) is 6.42 Å². The molecule has 5 aromatic heterocycles. The highest BCUT2D eigenvalue weighted by Crippen LogP contribution is 2.38. The minimum Gasteiger partial charge on any atom is -0.454 e. The monoisotopic (exact) mass is 566 g/mol. The van der Waals surface area contributed by atoms with Gasteiger partial charge in [0.1, 0.15) is 11.0 Å². The predicted octanol–water partition coefficient (Wildman–Crippen LogP) is 5.54. The van der Waals surface area contributed by atoms with E-state index in [9.17, 15) is 4.79 Å². The van der Waals surface area contributed by atoms with Crippen molar-refractivity contribution in [1.82, 2.24) is 35.1 Å². The van der Waals surface area contributed by atoms with E-state index in [0.29, 0.717) is 45.3 Å². The number of rotatable bonds is 6. The van der Waals surface area contributed by atoms with Crippen LogP contribution in [-0.2, 0) is 11.2 Å². The number of aromatic nitrogens is 7. The normalized spacial score (nSPS) is 12.2. The third-order valence-electron chi connectivity index (χ3n) is 7.23. The molecule has 0 atom stereocenters. The van der Waals surface area contributed by atoms with Crippen molar-refractivity contribution >= 4 is 33.8 Å². The largest absolute Gasteiger partial charge is 0.454 e. The SMILES string of the molecule is O=C(Cc1ccccc1)Nc1cncc(-c2ccc3[nH]nc(-c4nc5c(-c6ccc7c(c6)OCO7)ccnc5[nH]4)c3n2)c1. The van der Waals surface area contributed by atoms with E-state index in [1.165, 1.54) is 0 Å². The summed E-state index contributed by atoms with van der Waals surface area (Å²) in [5.41, 5.74) is 8.07. The fourth-order valence-electron chi connectivity index (χ4n) is 5.18. The Hall–Kier alpha value is -6.10. The number of ether oxygens (including phenoxy) is 2. The second kappa shape index (κ2) is 10.1. The Morgan fingerprint density at radius 1 is 0.884 bits per heavy atom. The number of fused-ring (bicyclic) bond motifs is 3. The van der Waals surface area contributed by atoms with Crippen molar-refractivity contribution < 1.29 is 14.3 Å². The van der Waals surface area contributed by atoms with E-state index >= 15 is 0 Å². The van der Waals surface area contributed by atoms with Gasteiger partial charge in [-0.1, -0.05) is 36.4 Å². The molecule has 1 aliphatic rings. The van der Waals surface area contributed by atoms with Crippen LogP contribution in [0.2, 0.25) is 0 Å². The number of nitrogens with one attached hydrogen (secondary N) is 3. The molecule has 1 amide bonds. The number of hydrogen-bond donors (Lipinski definition) is 3. The lowest BCUT2D eigenvalue weighted by Gasteiger charge is -2.07. The lowest BCUT2D eigenvalue weighted by atomic mass is 10.1. The summed E-state index contributed by atoms with van der Waals surface area (Å²) >= 11 is 0. The Morgan fingerprint density at radius 3 is 2.72 bits per heavy atom. The molecule has 8 rings (SSSR count). The zero-order valence-electron chi connectivity index (χ0n) is 22.5. The first kappa shape index (κ1) is 24.7. The topological polar surface area (TPSA) is 144 Å². The fourth-order valence-corrected chi connectivity index (χ4v) is 5.18. The van der Waals surface area contributed by atoms with Gasteiger partial charge in [-0.15, -0.1) is 0 Å². The van der Waals surface area contributed by atoms with Gasteiger partial charge in [-0.25, -0.2) is 15.0 Å². The number of carbonyl (C=O) groups excluding carboxylic acids is 1. The predicted molar refractivity (Wildman–Crippen MR) is 160 cm³/mol. The van der Waals surface area contributed by atoms with Gasteiger partial charge in [0, 0.05) is 23.5 Å². The van der Waals surface area contributed by atoms with E-state index < -0.39 is 0 Å². The molecule has 208 valence electrons. The van der Waals surface area contributed by atoms with Crippen LogP contribution in [0.4, 0.5) is 5.69 Å². The molecule has 7 aromatic rings. The Morgan fingerprint density at radius 2 is 1.79 bits per heavy atom. The van der Waals surface area contributed by atoms with E-state index in [4.69, 9.17) is 19.4 Å². The molecule has 0 saturated carbocycles. The van der Waals surface area contributed by atoms with Gasteiger partial charge in [0.2, 0.25) is 12.7 Å². The van der Waals surface area contributed by atoms with Crippen LogP contribution in [0, 0.1) is 0 Å². The number of nitrogens with zero attached hydrogens (tertiary/aromatic N) is 5. The van der Waals surface area contributed by atoms with Gasteiger partial charge in [0.15, 0.2) is 28.7 Å². The van der Waals surface area contributed by atoms with Gasteiger partial charge in [0.05, 0.1) is 29.5 Å². The number of H-pyrrole nitrogens is 2. The third-order valence-corrected chi connectivity index (χ3v) is 7.23. The van der Waals surface area contributed by atoms with Crippen LogP contribution in [0.1, 0.15) is 5.56 Å². The van der Waals surface area contributed by atoms with Gasteiger partial charge in [-0.2, -0.15) is 5.10 Å². The number of aromatic amines is 2.